The fourth-order valence-electron chi connectivity index (χ4n) is 1.29. The highest BCUT2D eigenvalue weighted by Gasteiger charge is 1.97. The van der Waals surface area contributed by atoms with Crippen LogP contribution in [0.5, 0.6) is 0 Å². The van der Waals surface area contributed by atoms with Crippen molar-refractivity contribution < 1.29 is 14.0 Å². The topological polar surface area (TPSA) is 44.5 Å². The number of hydrogen-bond acceptors (Lipinski definition) is 4. The normalized spacial score (nSPS) is 11.2. The van der Waals surface area contributed by atoms with Crippen LogP contribution in [0.2, 0.25) is 0 Å². The second kappa shape index (κ2) is 9.16. The van der Waals surface area contributed by atoms with Crippen LogP contribution in [0.3, 0.4) is 0 Å². The Bertz CT molecular complexity index is 415. The van der Waals surface area contributed by atoms with E-state index in [9.17, 15) is 0 Å². The zero-order valence-corrected chi connectivity index (χ0v) is 11.6. The summed E-state index contributed by atoms with van der Waals surface area (Å²) in [5, 5.41) is 3.80. The molecular formula is C15H21NO3. The summed E-state index contributed by atoms with van der Waals surface area (Å²) in [7, 11) is 0. The highest BCUT2D eigenvalue weighted by atomic mass is 16.5. The van der Waals surface area contributed by atoms with Crippen molar-refractivity contribution in [1.29, 1.82) is 0 Å². The van der Waals surface area contributed by atoms with Crippen LogP contribution < -0.4 is 0 Å². The molecule has 0 aliphatic rings. The van der Waals surface area contributed by atoms with Gasteiger partial charge in [0.2, 0.25) is 0 Å². The fraction of sp³-hybridized carbons (Fsp3) is 0.400. The van der Waals surface area contributed by atoms with E-state index in [0.717, 1.165) is 17.9 Å². The molecular weight excluding hydrogens is 242 g/mol. The molecule has 1 rings (SSSR count). The van der Waals surface area contributed by atoms with Gasteiger partial charge in [-0.1, -0.05) is 23.4 Å². The van der Waals surface area contributed by atoms with Gasteiger partial charge in [-0.15, -0.1) is 0 Å². The minimum Gasteiger partial charge on any atom is -0.491 e. The molecule has 0 saturated heterocycles. The van der Waals surface area contributed by atoms with Gasteiger partial charge in [-0.2, -0.15) is 0 Å². The molecule has 1 aromatic rings. The van der Waals surface area contributed by atoms with Crippen LogP contribution in [0, 0.1) is 0 Å². The second-order valence-electron chi connectivity index (χ2n) is 4.22. The molecule has 0 saturated carbocycles. The summed E-state index contributed by atoms with van der Waals surface area (Å²) in [6.07, 6.45) is 7.89. The molecule has 4 heteroatoms. The first kappa shape index (κ1) is 15.2. The van der Waals surface area contributed by atoms with Crippen LogP contribution in [0.25, 0.3) is 0 Å². The van der Waals surface area contributed by atoms with E-state index >= 15 is 0 Å². The van der Waals surface area contributed by atoms with E-state index in [1.165, 1.54) is 5.57 Å². The van der Waals surface area contributed by atoms with Gasteiger partial charge in [0.15, 0.2) is 0 Å². The van der Waals surface area contributed by atoms with Gasteiger partial charge in [0.1, 0.15) is 18.6 Å². The SMILES string of the molecule is C=C/C(=C\C=C(C)C)OCCOCCc1ccon1. The van der Waals surface area contributed by atoms with Crippen LogP contribution in [-0.4, -0.2) is 25.0 Å². The van der Waals surface area contributed by atoms with Gasteiger partial charge in [0, 0.05) is 12.5 Å². The van der Waals surface area contributed by atoms with Crippen molar-refractivity contribution in [3.8, 4) is 0 Å². The first-order chi connectivity index (χ1) is 9.22. The zero-order valence-electron chi connectivity index (χ0n) is 11.6. The number of ether oxygens (including phenoxy) is 2. The van der Waals surface area contributed by atoms with Crippen molar-refractivity contribution in [2.45, 2.75) is 20.3 Å². The summed E-state index contributed by atoms with van der Waals surface area (Å²) in [5.41, 5.74) is 2.11. The Morgan fingerprint density at radius 1 is 1.32 bits per heavy atom. The van der Waals surface area contributed by atoms with Crippen LogP contribution in [0.4, 0.5) is 0 Å². The van der Waals surface area contributed by atoms with Gasteiger partial charge in [0.25, 0.3) is 0 Å². The second-order valence-corrected chi connectivity index (χ2v) is 4.22. The van der Waals surface area contributed by atoms with Crippen molar-refractivity contribution in [2.75, 3.05) is 19.8 Å². The molecule has 0 bridgehead atoms. The Hall–Kier alpha value is -1.81. The molecule has 0 atom stereocenters. The number of rotatable bonds is 9. The maximum Gasteiger partial charge on any atom is 0.124 e. The van der Waals surface area contributed by atoms with E-state index in [0.29, 0.717) is 19.8 Å². The molecule has 0 fully saturated rings. The van der Waals surface area contributed by atoms with Crippen molar-refractivity contribution in [1.82, 2.24) is 5.16 Å². The third kappa shape index (κ3) is 7.26. The Morgan fingerprint density at radius 2 is 2.16 bits per heavy atom. The molecule has 19 heavy (non-hydrogen) atoms. The summed E-state index contributed by atoms with van der Waals surface area (Å²) in [4.78, 5) is 0. The Labute approximate surface area is 114 Å². The van der Waals surface area contributed by atoms with Gasteiger partial charge in [0.05, 0.1) is 18.9 Å². The maximum absolute atomic E-state index is 5.52. The molecule has 0 N–H and O–H groups in total. The lowest BCUT2D eigenvalue weighted by atomic mass is 10.3. The van der Waals surface area contributed by atoms with Crippen molar-refractivity contribution in [3.05, 3.63) is 54.2 Å². The lowest BCUT2D eigenvalue weighted by Gasteiger charge is -2.06. The van der Waals surface area contributed by atoms with Crippen molar-refractivity contribution >= 4 is 0 Å². The van der Waals surface area contributed by atoms with Gasteiger partial charge < -0.3 is 14.0 Å². The lowest BCUT2D eigenvalue weighted by Crippen LogP contribution is -2.06. The average molecular weight is 263 g/mol. The molecule has 0 aromatic carbocycles. The van der Waals surface area contributed by atoms with E-state index < -0.39 is 0 Å². The predicted octanol–water partition coefficient (Wildman–Crippen LogP) is 3.29. The summed E-state index contributed by atoms with van der Waals surface area (Å²) in [6.45, 7) is 9.42. The number of nitrogens with zero attached hydrogens (tertiary/aromatic N) is 1. The summed E-state index contributed by atoms with van der Waals surface area (Å²) < 4.78 is 15.7. The minimum atomic E-state index is 0.507. The molecule has 104 valence electrons. The summed E-state index contributed by atoms with van der Waals surface area (Å²) >= 11 is 0. The minimum absolute atomic E-state index is 0.507. The third-order valence-electron chi connectivity index (χ3n) is 2.27. The van der Waals surface area contributed by atoms with Crippen LogP contribution in [-0.2, 0) is 15.9 Å². The van der Waals surface area contributed by atoms with Gasteiger partial charge in [-0.05, 0) is 26.0 Å². The van der Waals surface area contributed by atoms with Crippen LogP contribution in [0.15, 0.2) is 53.0 Å². The Kier molecular flexibility index (Phi) is 7.35. The first-order valence-electron chi connectivity index (χ1n) is 6.30. The molecule has 0 amide bonds. The van der Waals surface area contributed by atoms with Gasteiger partial charge in [-0.3, -0.25) is 0 Å². The summed E-state index contributed by atoms with van der Waals surface area (Å²) in [5.74, 6) is 0.751. The molecule has 4 nitrogen and oxygen atoms in total. The smallest absolute Gasteiger partial charge is 0.124 e. The number of allylic oxidation sites excluding steroid dienone is 4. The van der Waals surface area contributed by atoms with E-state index in [-0.39, 0.29) is 0 Å². The average Bonchev–Trinajstić information content (AvgIpc) is 2.90. The van der Waals surface area contributed by atoms with Crippen LogP contribution in [0.1, 0.15) is 19.5 Å². The monoisotopic (exact) mass is 263 g/mol. The number of aromatic nitrogens is 1. The lowest BCUT2D eigenvalue weighted by molar-refractivity contribution is 0.0800. The van der Waals surface area contributed by atoms with E-state index in [4.69, 9.17) is 14.0 Å². The molecule has 0 radical (unpaired) electrons. The van der Waals surface area contributed by atoms with Gasteiger partial charge in [-0.25, -0.2) is 0 Å². The Balaban J connectivity index is 2.10. The molecule has 0 aliphatic heterocycles. The quantitative estimate of drug-likeness (QED) is 0.389. The predicted molar refractivity (Wildman–Crippen MR) is 74.7 cm³/mol. The van der Waals surface area contributed by atoms with Crippen molar-refractivity contribution in [3.63, 3.8) is 0 Å². The summed E-state index contributed by atoms with van der Waals surface area (Å²) in [6, 6.07) is 1.83. The molecule has 0 spiro atoms. The van der Waals surface area contributed by atoms with E-state index in [1.807, 2.05) is 32.1 Å². The van der Waals surface area contributed by atoms with E-state index in [2.05, 4.69) is 11.7 Å². The largest absolute Gasteiger partial charge is 0.491 e. The highest BCUT2D eigenvalue weighted by molar-refractivity contribution is 5.18. The van der Waals surface area contributed by atoms with Crippen molar-refractivity contribution in [2.24, 2.45) is 0 Å². The Morgan fingerprint density at radius 3 is 2.79 bits per heavy atom. The number of hydrogen-bond donors (Lipinski definition) is 0. The third-order valence-corrected chi connectivity index (χ3v) is 2.27. The zero-order chi connectivity index (χ0) is 13.9. The first-order valence-corrected chi connectivity index (χ1v) is 6.30. The molecule has 1 aromatic heterocycles. The maximum atomic E-state index is 5.52. The molecule has 0 aliphatic carbocycles. The fourth-order valence-corrected chi connectivity index (χ4v) is 1.29. The van der Waals surface area contributed by atoms with Crippen LogP contribution >= 0.6 is 0 Å². The molecule has 1 heterocycles. The highest BCUT2D eigenvalue weighted by Crippen LogP contribution is 2.01. The molecule has 0 unspecified atom stereocenters. The standard InChI is InChI=1S/C15H21NO3/c1-4-15(6-5-13(2)3)18-12-11-17-9-7-14-8-10-19-16-14/h4-6,8,10H,1,7,9,11-12H2,2-3H3/b15-6+. The van der Waals surface area contributed by atoms with Gasteiger partial charge >= 0.3 is 0 Å². The van der Waals surface area contributed by atoms with E-state index in [1.54, 1.807) is 12.3 Å².